The highest BCUT2D eigenvalue weighted by Crippen LogP contribution is 2.59. The second kappa shape index (κ2) is 9.08. The number of likely N-dealkylation sites (N-methyl/N-ethyl adjacent to an activating group) is 1. The van der Waals surface area contributed by atoms with E-state index in [-0.39, 0.29) is 35.6 Å². The Labute approximate surface area is 185 Å². The Hall–Kier alpha value is -1.64. The number of ether oxygens (including phenoxy) is 4. The van der Waals surface area contributed by atoms with Gasteiger partial charge in [-0.25, -0.2) is 4.79 Å². The molecule has 2 aliphatic heterocycles. The first-order valence-corrected chi connectivity index (χ1v) is 11.3. The Kier molecular flexibility index (Phi) is 7.03. The van der Waals surface area contributed by atoms with Crippen molar-refractivity contribution in [2.45, 2.75) is 83.0 Å². The van der Waals surface area contributed by atoms with Crippen LogP contribution in [0.15, 0.2) is 12.2 Å². The minimum Gasteiger partial charge on any atom is -0.443 e. The molecule has 1 aliphatic carbocycles. The number of amides is 2. The van der Waals surface area contributed by atoms with Gasteiger partial charge >= 0.3 is 6.09 Å². The first-order valence-electron chi connectivity index (χ1n) is 11.3. The molecule has 7 atom stereocenters. The van der Waals surface area contributed by atoms with Crippen LogP contribution >= 0.6 is 0 Å². The van der Waals surface area contributed by atoms with Gasteiger partial charge < -0.3 is 29.6 Å². The van der Waals surface area contributed by atoms with E-state index in [0.717, 1.165) is 6.42 Å². The summed E-state index contributed by atoms with van der Waals surface area (Å²) in [5.41, 5.74) is -0.710. The molecule has 3 fully saturated rings. The topological polar surface area (TPSA) is 102 Å². The molecule has 2 unspecified atom stereocenters. The number of carbonyl (C=O) groups excluding carboxylic acids is 2. The van der Waals surface area contributed by atoms with E-state index >= 15 is 0 Å². The van der Waals surface area contributed by atoms with Crippen molar-refractivity contribution in [3.63, 3.8) is 0 Å². The smallest absolute Gasteiger partial charge is 0.408 e. The van der Waals surface area contributed by atoms with E-state index in [4.69, 9.17) is 18.9 Å². The summed E-state index contributed by atoms with van der Waals surface area (Å²) in [7, 11) is 3.19. The molecule has 0 aromatic carbocycles. The summed E-state index contributed by atoms with van der Waals surface area (Å²) >= 11 is 0. The molecule has 2 saturated heterocycles. The summed E-state index contributed by atoms with van der Waals surface area (Å²) in [5, 5.41) is 5.28. The standard InChI is InChI=1S/C23H38N2O6/c1-13(2)8-9-16-22(5,31-16)19-18(28-7)15(10-11-23(19)12-29-23)30-21(27)25-17(14(3)4)20(26)24-6/h8-9,13-19H,10-12H2,1-7H3,(H,24,26)(H,25,27)/b9-8+/t15-,16-,17?,18-,19?,22+,23+/m1/s1. The molecule has 0 radical (unpaired) electrons. The van der Waals surface area contributed by atoms with E-state index in [2.05, 4.69) is 43.6 Å². The number of hydrogen-bond acceptors (Lipinski definition) is 6. The highest BCUT2D eigenvalue weighted by molar-refractivity contribution is 5.85. The van der Waals surface area contributed by atoms with Gasteiger partial charge in [-0.15, -0.1) is 0 Å². The maximum absolute atomic E-state index is 12.7. The van der Waals surface area contributed by atoms with Gasteiger partial charge in [0.05, 0.1) is 12.5 Å². The Morgan fingerprint density at radius 2 is 1.90 bits per heavy atom. The lowest BCUT2D eigenvalue weighted by molar-refractivity contribution is -0.125. The average molecular weight is 439 g/mol. The van der Waals surface area contributed by atoms with Gasteiger partial charge in [-0.2, -0.15) is 0 Å². The predicted octanol–water partition coefficient (Wildman–Crippen LogP) is 2.42. The van der Waals surface area contributed by atoms with Gasteiger partial charge in [-0.1, -0.05) is 39.8 Å². The van der Waals surface area contributed by atoms with E-state index in [1.54, 1.807) is 14.2 Å². The fourth-order valence-electron chi connectivity index (χ4n) is 4.93. The van der Waals surface area contributed by atoms with Gasteiger partial charge in [0, 0.05) is 14.2 Å². The summed E-state index contributed by atoms with van der Waals surface area (Å²) < 4.78 is 23.7. The maximum atomic E-state index is 12.7. The van der Waals surface area contributed by atoms with Crippen molar-refractivity contribution in [3.8, 4) is 0 Å². The van der Waals surface area contributed by atoms with E-state index < -0.39 is 23.8 Å². The molecule has 8 nitrogen and oxygen atoms in total. The van der Waals surface area contributed by atoms with Crippen LogP contribution in [0, 0.1) is 17.8 Å². The summed E-state index contributed by atoms with van der Waals surface area (Å²) in [6.07, 6.45) is 4.24. The lowest BCUT2D eigenvalue weighted by Gasteiger charge is -2.42. The Balaban J connectivity index is 1.72. The largest absolute Gasteiger partial charge is 0.443 e. The molecular formula is C23H38N2O6. The van der Waals surface area contributed by atoms with Crippen molar-refractivity contribution >= 4 is 12.0 Å². The van der Waals surface area contributed by atoms with Gasteiger partial charge in [0.25, 0.3) is 0 Å². The molecule has 8 heteroatoms. The number of allylic oxidation sites excluding steroid dienone is 1. The molecule has 31 heavy (non-hydrogen) atoms. The number of carbonyl (C=O) groups is 2. The number of epoxide rings is 2. The van der Waals surface area contributed by atoms with Crippen LogP contribution in [0.1, 0.15) is 47.5 Å². The van der Waals surface area contributed by atoms with Crippen molar-refractivity contribution in [1.29, 1.82) is 0 Å². The number of rotatable bonds is 8. The highest BCUT2D eigenvalue weighted by Gasteiger charge is 2.72. The van der Waals surface area contributed by atoms with E-state index in [0.29, 0.717) is 18.9 Å². The molecule has 3 rings (SSSR count). The first-order chi connectivity index (χ1) is 14.6. The molecule has 0 aromatic heterocycles. The van der Waals surface area contributed by atoms with Crippen LogP contribution in [0.2, 0.25) is 0 Å². The zero-order valence-electron chi connectivity index (χ0n) is 19.8. The molecule has 2 amide bonds. The molecule has 176 valence electrons. The Bertz CT molecular complexity index is 704. The maximum Gasteiger partial charge on any atom is 0.408 e. The lowest BCUT2D eigenvalue weighted by atomic mass is 9.68. The fourth-order valence-corrected chi connectivity index (χ4v) is 4.93. The normalized spacial score (nSPS) is 37.8. The quantitative estimate of drug-likeness (QED) is 0.446. The van der Waals surface area contributed by atoms with Gasteiger partial charge in [-0.3, -0.25) is 4.79 Å². The molecular weight excluding hydrogens is 400 g/mol. The number of nitrogens with one attached hydrogen (secondary N) is 2. The Morgan fingerprint density at radius 1 is 1.23 bits per heavy atom. The number of methoxy groups -OCH3 is 1. The SMILES string of the molecule is CNC(=O)C(NC(=O)O[C@@H]1CC[C@]2(CO2)C([C@@]2(C)O[C@@H]2/C=C/C(C)C)[C@@H]1OC)C(C)C. The minimum absolute atomic E-state index is 0.00947. The van der Waals surface area contributed by atoms with Gasteiger partial charge in [-0.05, 0) is 31.6 Å². The van der Waals surface area contributed by atoms with Crippen LogP contribution in [0.25, 0.3) is 0 Å². The molecule has 0 bridgehead atoms. The van der Waals surface area contributed by atoms with Crippen LogP contribution in [0.5, 0.6) is 0 Å². The van der Waals surface area contributed by atoms with Crippen molar-refractivity contribution < 1.29 is 28.5 Å². The third kappa shape index (κ3) is 4.91. The van der Waals surface area contributed by atoms with Gasteiger partial charge in [0.1, 0.15) is 35.6 Å². The Morgan fingerprint density at radius 3 is 2.42 bits per heavy atom. The minimum atomic E-state index is -0.661. The molecule has 1 saturated carbocycles. The van der Waals surface area contributed by atoms with Gasteiger partial charge in [0.15, 0.2) is 0 Å². The monoisotopic (exact) mass is 438 g/mol. The zero-order valence-corrected chi connectivity index (χ0v) is 19.8. The molecule has 2 N–H and O–H groups in total. The molecule has 0 aromatic rings. The second-order valence-corrected chi connectivity index (χ2v) is 9.85. The van der Waals surface area contributed by atoms with Crippen molar-refractivity contribution in [1.82, 2.24) is 10.6 Å². The predicted molar refractivity (Wildman–Crippen MR) is 116 cm³/mol. The van der Waals surface area contributed by atoms with Crippen molar-refractivity contribution in [2.24, 2.45) is 17.8 Å². The van der Waals surface area contributed by atoms with E-state index in [1.807, 2.05) is 13.8 Å². The van der Waals surface area contributed by atoms with Crippen molar-refractivity contribution in [2.75, 3.05) is 20.8 Å². The number of hydrogen-bond donors (Lipinski definition) is 2. The lowest BCUT2D eigenvalue weighted by Crippen LogP contribution is -2.57. The van der Waals surface area contributed by atoms with Gasteiger partial charge in [0.2, 0.25) is 5.91 Å². The van der Waals surface area contributed by atoms with Crippen LogP contribution < -0.4 is 10.6 Å². The van der Waals surface area contributed by atoms with E-state index in [1.165, 1.54) is 0 Å². The third-order valence-electron chi connectivity index (χ3n) is 6.81. The summed E-state index contributed by atoms with van der Waals surface area (Å²) in [5.74, 6) is 0.0670. The van der Waals surface area contributed by atoms with Crippen LogP contribution in [0.3, 0.4) is 0 Å². The molecule has 1 spiro atoms. The molecule has 2 heterocycles. The van der Waals surface area contributed by atoms with Crippen molar-refractivity contribution in [3.05, 3.63) is 12.2 Å². The zero-order chi connectivity index (χ0) is 23.0. The van der Waals surface area contributed by atoms with Crippen LogP contribution in [0.4, 0.5) is 4.79 Å². The summed E-state index contributed by atoms with van der Waals surface area (Å²) in [4.78, 5) is 24.7. The van der Waals surface area contributed by atoms with E-state index in [9.17, 15) is 9.59 Å². The average Bonchev–Trinajstić information content (AvgIpc) is 3.62. The molecule has 3 aliphatic rings. The first kappa shape index (κ1) is 24.0. The number of alkyl carbamates (subject to hydrolysis) is 1. The third-order valence-corrected chi connectivity index (χ3v) is 6.81. The fraction of sp³-hybridized carbons (Fsp3) is 0.826. The second-order valence-electron chi connectivity index (χ2n) is 9.85. The van der Waals surface area contributed by atoms with Crippen LogP contribution in [-0.2, 0) is 23.7 Å². The van der Waals surface area contributed by atoms with Crippen LogP contribution in [-0.4, -0.2) is 68.3 Å². The summed E-state index contributed by atoms with van der Waals surface area (Å²) in [6, 6.07) is -0.661. The highest BCUT2D eigenvalue weighted by atomic mass is 16.6. The summed E-state index contributed by atoms with van der Waals surface area (Å²) in [6.45, 7) is 10.8.